The van der Waals surface area contributed by atoms with Crippen molar-refractivity contribution < 1.29 is 5.11 Å². The Morgan fingerprint density at radius 2 is 1.46 bits per heavy atom. The fraction of sp³-hybridized carbons (Fsp3) is 0.833. The molecular weight excluding hydrogens is 160 g/mol. The van der Waals surface area contributed by atoms with E-state index in [-0.39, 0.29) is 5.92 Å². The van der Waals surface area contributed by atoms with Crippen LogP contribution in [-0.4, -0.2) is 10.7 Å². The Balaban J connectivity index is 4.12. The van der Waals surface area contributed by atoms with Crippen LogP contribution >= 0.6 is 0 Å². The summed E-state index contributed by atoms with van der Waals surface area (Å²) in [6, 6.07) is 0. The zero-order valence-electron chi connectivity index (χ0n) is 9.83. The SMILES string of the molecule is CC(C)[C@H](C)/C=C/[C@H](C)C(C)(C)O. The number of hydrogen-bond acceptors (Lipinski definition) is 1. The van der Waals surface area contributed by atoms with Crippen LogP contribution in [0.5, 0.6) is 0 Å². The molecule has 0 heterocycles. The molecule has 0 unspecified atom stereocenters. The Hall–Kier alpha value is -0.300. The molecule has 13 heavy (non-hydrogen) atoms. The predicted molar refractivity (Wildman–Crippen MR) is 58.6 cm³/mol. The number of allylic oxidation sites excluding steroid dienone is 1. The molecule has 0 aromatic heterocycles. The first-order chi connectivity index (χ1) is 5.75. The lowest BCUT2D eigenvalue weighted by Crippen LogP contribution is -2.27. The zero-order valence-corrected chi connectivity index (χ0v) is 9.83. The van der Waals surface area contributed by atoms with Gasteiger partial charge in [-0.15, -0.1) is 0 Å². The van der Waals surface area contributed by atoms with Gasteiger partial charge in [-0.2, -0.15) is 0 Å². The van der Waals surface area contributed by atoms with E-state index in [9.17, 15) is 5.11 Å². The molecule has 0 rings (SSSR count). The Morgan fingerprint density at radius 1 is 1.00 bits per heavy atom. The summed E-state index contributed by atoms with van der Waals surface area (Å²) in [5.74, 6) is 1.48. The largest absolute Gasteiger partial charge is 0.390 e. The second-order valence-corrected chi connectivity index (χ2v) is 4.93. The van der Waals surface area contributed by atoms with Crippen molar-refractivity contribution >= 4 is 0 Å². The van der Waals surface area contributed by atoms with Gasteiger partial charge in [0, 0.05) is 5.92 Å². The first-order valence-corrected chi connectivity index (χ1v) is 5.16. The molecule has 2 atom stereocenters. The molecule has 1 heteroatoms. The molecule has 0 saturated carbocycles. The molecule has 0 aliphatic rings. The smallest absolute Gasteiger partial charge is 0.0651 e. The van der Waals surface area contributed by atoms with E-state index >= 15 is 0 Å². The second kappa shape index (κ2) is 4.80. The third-order valence-electron chi connectivity index (χ3n) is 2.87. The van der Waals surface area contributed by atoms with Gasteiger partial charge in [-0.05, 0) is 25.7 Å². The molecule has 78 valence electrons. The van der Waals surface area contributed by atoms with Gasteiger partial charge < -0.3 is 5.11 Å². The van der Waals surface area contributed by atoms with E-state index < -0.39 is 5.60 Å². The third-order valence-corrected chi connectivity index (χ3v) is 2.87. The molecule has 0 fully saturated rings. The summed E-state index contributed by atoms with van der Waals surface area (Å²) >= 11 is 0. The maximum atomic E-state index is 9.69. The highest BCUT2D eigenvalue weighted by molar-refractivity contribution is 4.96. The minimum absolute atomic E-state index is 0.216. The fourth-order valence-corrected chi connectivity index (χ4v) is 0.800. The monoisotopic (exact) mass is 184 g/mol. The molecule has 0 aromatic carbocycles. The van der Waals surface area contributed by atoms with Crippen molar-refractivity contribution in [1.82, 2.24) is 0 Å². The minimum Gasteiger partial charge on any atom is -0.390 e. The van der Waals surface area contributed by atoms with Crippen LogP contribution in [0, 0.1) is 17.8 Å². The van der Waals surface area contributed by atoms with Crippen LogP contribution in [0.4, 0.5) is 0 Å². The van der Waals surface area contributed by atoms with Crippen molar-refractivity contribution in [3.05, 3.63) is 12.2 Å². The lowest BCUT2D eigenvalue weighted by Gasteiger charge is -2.23. The minimum atomic E-state index is -0.604. The number of aliphatic hydroxyl groups is 1. The van der Waals surface area contributed by atoms with E-state index in [4.69, 9.17) is 0 Å². The number of hydrogen-bond donors (Lipinski definition) is 1. The van der Waals surface area contributed by atoms with Crippen LogP contribution in [0.3, 0.4) is 0 Å². The summed E-state index contributed by atoms with van der Waals surface area (Å²) < 4.78 is 0. The number of rotatable bonds is 4. The van der Waals surface area contributed by atoms with Gasteiger partial charge in [0.25, 0.3) is 0 Å². The molecule has 0 bridgehead atoms. The third kappa shape index (κ3) is 5.09. The average molecular weight is 184 g/mol. The van der Waals surface area contributed by atoms with Crippen LogP contribution in [0.15, 0.2) is 12.2 Å². The molecule has 1 N–H and O–H groups in total. The van der Waals surface area contributed by atoms with Gasteiger partial charge in [0.05, 0.1) is 5.60 Å². The van der Waals surface area contributed by atoms with Gasteiger partial charge in [0.2, 0.25) is 0 Å². The highest BCUT2D eigenvalue weighted by Gasteiger charge is 2.19. The van der Waals surface area contributed by atoms with Gasteiger partial charge in [-0.3, -0.25) is 0 Å². The molecule has 0 aromatic rings. The van der Waals surface area contributed by atoms with E-state index in [0.717, 1.165) is 0 Å². The van der Waals surface area contributed by atoms with Crippen molar-refractivity contribution in [3.8, 4) is 0 Å². The van der Waals surface area contributed by atoms with Gasteiger partial charge in [0.15, 0.2) is 0 Å². The molecule has 0 amide bonds. The highest BCUT2D eigenvalue weighted by Crippen LogP contribution is 2.19. The van der Waals surface area contributed by atoms with Crippen LogP contribution in [0.1, 0.15) is 41.5 Å². The van der Waals surface area contributed by atoms with Crippen LogP contribution in [0.2, 0.25) is 0 Å². The highest BCUT2D eigenvalue weighted by atomic mass is 16.3. The van der Waals surface area contributed by atoms with Crippen molar-refractivity contribution in [1.29, 1.82) is 0 Å². The molecule has 0 radical (unpaired) electrons. The van der Waals surface area contributed by atoms with E-state index in [1.165, 1.54) is 0 Å². The second-order valence-electron chi connectivity index (χ2n) is 4.93. The Kier molecular flexibility index (Phi) is 4.69. The summed E-state index contributed by atoms with van der Waals surface area (Å²) in [7, 11) is 0. The zero-order chi connectivity index (χ0) is 10.6. The quantitative estimate of drug-likeness (QED) is 0.665. The summed E-state index contributed by atoms with van der Waals surface area (Å²) in [5.41, 5.74) is -0.604. The summed E-state index contributed by atoms with van der Waals surface area (Å²) in [4.78, 5) is 0. The summed E-state index contributed by atoms with van der Waals surface area (Å²) in [6.45, 7) is 12.4. The molecular formula is C12H24O. The fourth-order valence-electron chi connectivity index (χ4n) is 0.800. The molecule has 0 aliphatic carbocycles. The van der Waals surface area contributed by atoms with Gasteiger partial charge in [-0.1, -0.05) is 39.8 Å². The molecule has 0 saturated heterocycles. The molecule has 1 nitrogen and oxygen atoms in total. The van der Waals surface area contributed by atoms with Crippen LogP contribution < -0.4 is 0 Å². The standard InChI is InChI=1S/C12H24O/c1-9(2)10(3)7-8-11(4)12(5,6)13/h7-11,13H,1-6H3/b8-7+/t10-,11+/m1/s1. The maximum Gasteiger partial charge on any atom is 0.0651 e. The summed E-state index contributed by atoms with van der Waals surface area (Å²) in [6.07, 6.45) is 4.32. The topological polar surface area (TPSA) is 20.2 Å². The average Bonchev–Trinajstić information content (AvgIpc) is 1.97. The van der Waals surface area contributed by atoms with E-state index in [1.54, 1.807) is 0 Å². The van der Waals surface area contributed by atoms with Crippen LogP contribution in [0.25, 0.3) is 0 Å². The predicted octanol–water partition coefficient (Wildman–Crippen LogP) is 3.24. The Bertz CT molecular complexity index is 162. The van der Waals surface area contributed by atoms with Crippen molar-refractivity contribution in [2.24, 2.45) is 17.8 Å². The normalized spacial score (nSPS) is 18.2. The maximum absolute atomic E-state index is 9.69. The van der Waals surface area contributed by atoms with Crippen molar-refractivity contribution in [2.45, 2.75) is 47.1 Å². The first kappa shape index (κ1) is 12.7. The van der Waals surface area contributed by atoms with E-state index in [0.29, 0.717) is 11.8 Å². The van der Waals surface area contributed by atoms with Gasteiger partial charge >= 0.3 is 0 Å². The van der Waals surface area contributed by atoms with Crippen molar-refractivity contribution in [2.75, 3.05) is 0 Å². The molecule has 0 spiro atoms. The lowest BCUT2D eigenvalue weighted by atomic mass is 9.90. The van der Waals surface area contributed by atoms with Gasteiger partial charge in [-0.25, -0.2) is 0 Å². The van der Waals surface area contributed by atoms with Crippen LogP contribution in [-0.2, 0) is 0 Å². The molecule has 0 aliphatic heterocycles. The van der Waals surface area contributed by atoms with E-state index in [2.05, 4.69) is 32.9 Å². The Labute approximate surface area is 82.9 Å². The van der Waals surface area contributed by atoms with E-state index in [1.807, 2.05) is 20.8 Å². The van der Waals surface area contributed by atoms with Crippen molar-refractivity contribution in [3.63, 3.8) is 0 Å². The Morgan fingerprint density at radius 3 is 1.77 bits per heavy atom. The first-order valence-electron chi connectivity index (χ1n) is 5.16. The lowest BCUT2D eigenvalue weighted by molar-refractivity contribution is 0.0439. The van der Waals surface area contributed by atoms with Gasteiger partial charge in [0.1, 0.15) is 0 Å². The summed E-state index contributed by atoms with van der Waals surface area (Å²) in [5, 5.41) is 9.69.